The number of ketones is 1. The number of hydrogen-bond acceptors (Lipinski definition) is 1. The van der Waals surface area contributed by atoms with Crippen molar-refractivity contribution in [3.63, 3.8) is 0 Å². The average Bonchev–Trinajstić information content (AvgIpc) is 1.93. The Kier molecular flexibility index (Phi) is 2.06. The van der Waals surface area contributed by atoms with E-state index in [1.54, 1.807) is 0 Å². The Morgan fingerprint density at radius 3 is 1.43 bits per heavy atom. The Labute approximate surface area is 87.3 Å². The molecule has 0 unspecified atom stereocenters. The maximum absolute atomic E-state index is 12.0. The van der Waals surface area contributed by atoms with E-state index in [2.05, 4.69) is 27.7 Å². The van der Waals surface area contributed by atoms with E-state index in [-0.39, 0.29) is 0 Å². The average molecular weight is 194 g/mol. The van der Waals surface area contributed by atoms with Crippen LogP contribution in [0, 0.1) is 22.7 Å². The maximum Gasteiger partial charge on any atom is 0.139 e. The van der Waals surface area contributed by atoms with Crippen LogP contribution in [0.4, 0.5) is 0 Å². The summed E-state index contributed by atoms with van der Waals surface area (Å²) in [6, 6.07) is 0. The van der Waals surface area contributed by atoms with Crippen LogP contribution in [0.3, 0.4) is 0 Å². The van der Waals surface area contributed by atoms with Crippen molar-refractivity contribution in [2.24, 2.45) is 22.7 Å². The fraction of sp³-hybridized carbons (Fsp3) is 0.923. The second kappa shape index (κ2) is 2.84. The molecule has 0 spiro atoms. The first-order chi connectivity index (χ1) is 6.29. The van der Waals surface area contributed by atoms with Gasteiger partial charge in [0.15, 0.2) is 0 Å². The van der Waals surface area contributed by atoms with Crippen molar-refractivity contribution in [3.8, 4) is 0 Å². The molecule has 2 bridgehead atoms. The van der Waals surface area contributed by atoms with Crippen molar-refractivity contribution in [1.82, 2.24) is 0 Å². The third-order valence-corrected chi connectivity index (χ3v) is 4.00. The Hall–Kier alpha value is -0.330. The summed E-state index contributed by atoms with van der Waals surface area (Å²) in [6.45, 7) is 9.27. The zero-order valence-electron chi connectivity index (χ0n) is 9.89. The van der Waals surface area contributed by atoms with Gasteiger partial charge in [0.1, 0.15) is 5.78 Å². The fourth-order valence-corrected chi connectivity index (χ4v) is 3.71. The Morgan fingerprint density at radius 1 is 0.857 bits per heavy atom. The number of fused-ring (bicyclic) bond motifs is 2. The van der Waals surface area contributed by atoms with Gasteiger partial charge in [0.25, 0.3) is 0 Å². The van der Waals surface area contributed by atoms with Crippen LogP contribution >= 0.6 is 0 Å². The van der Waals surface area contributed by atoms with Gasteiger partial charge in [-0.25, -0.2) is 0 Å². The van der Waals surface area contributed by atoms with E-state index >= 15 is 0 Å². The molecule has 0 radical (unpaired) electrons. The third kappa shape index (κ3) is 1.74. The molecule has 0 amide bonds. The number of Topliss-reactive ketones (excluding diaryl/α,β-unsaturated/α-hetero) is 1. The maximum atomic E-state index is 12.0. The highest BCUT2D eigenvalue weighted by Crippen LogP contribution is 2.51. The van der Waals surface area contributed by atoms with Gasteiger partial charge in [-0.3, -0.25) is 4.79 Å². The van der Waals surface area contributed by atoms with E-state index < -0.39 is 0 Å². The van der Waals surface area contributed by atoms with E-state index in [0.717, 1.165) is 25.7 Å². The summed E-state index contributed by atoms with van der Waals surface area (Å²) >= 11 is 0. The predicted octanol–water partition coefficient (Wildman–Crippen LogP) is 3.43. The van der Waals surface area contributed by atoms with Crippen molar-refractivity contribution >= 4 is 5.78 Å². The van der Waals surface area contributed by atoms with Gasteiger partial charge in [-0.05, 0) is 36.5 Å². The summed E-state index contributed by atoms with van der Waals surface area (Å²) in [4.78, 5) is 12.0. The molecule has 0 saturated heterocycles. The Bertz CT molecular complexity index is 220. The van der Waals surface area contributed by atoms with E-state index in [1.165, 1.54) is 0 Å². The van der Waals surface area contributed by atoms with Crippen LogP contribution in [0.25, 0.3) is 0 Å². The molecule has 2 aliphatic carbocycles. The van der Waals surface area contributed by atoms with Gasteiger partial charge in [0.05, 0.1) is 0 Å². The SMILES string of the molecule is CC1(C)CC2CC(C)(C)CC(C1)C2=O. The molecule has 2 fully saturated rings. The van der Waals surface area contributed by atoms with Crippen molar-refractivity contribution in [2.75, 3.05) is 0 Å². The van der Waals surface area contributed by atoms with Crippen molar-refractivity contribution in [2.45, 2.75) is 53.4 Å². The van der Waals surface area contributed by atoms with Crippen molar-refractivity contribution < 1.29 is 4.79 Å². The lowest BCUT2D eigenvalue weighted by Gasteiger charge is -2.48. The molecule has 80 valence electrons. The highest BCUT2D eigenvalue weighted by molar-refractivity contribution is 5.85. The second-order valence-electron chi connectivity index (χ2n) is 6.94. The second-order valence-corrected chi connectivity index (χ2v) is 6.94. The van der Waals surface area contributed by atoms with E-state index in [1.807, 2.05) is 0 Å². The van der Waals surface area contributed by atoms with Crippen molar-refractivity contribution in [1.29, 1.82) is 0 Å². The highest BCUT2D eigenvalue weighted by atomic mass is 16.1. The van der Waals surface area contributed by atoms with Gasteiger partial charge in [-0.1, -0.05) is 27.7 Å². The van der Waals surface area contributed by atoms with Crippen LogP contribution in [0.15, 0.2) is 0 Å². The molecule has 2 aliphatic rings. The monoisotopic (exact) mass is 194 g/mol. The van der Waals surface area contributed by atoms with E-state index in [9.17, 15) is 4.79 Å². The molecular formula is C13H22O. The van der Waals surface area contributed by atoms with Gasteiger partial charge in [0.2, 0.25) is 0 Å². The third-order valence-electron chi connectivity index (χ3n) is 4.00. The van der Waals surface area contributed by atoms with Crippen molar-refractivity contribution in [3.05, 3.63) is 0 Å². The molecule has 14 heavy (non-hydrogen) atoms. The standard InChI is InChI=1S/C13H22O/c1-12(2)5-9-7-13(3,4)8-10(6-12)11(9)14/h9-10H,5-8H2,1-4H3. The minimum Gasteiger partial charge on any atom is -0.299 e. The molecule has 2 saturated carbocycles. The summed E-state index contributed by atoms with van der Waals surface area (Å²) in [5.74, 6) is 1.31. The summed E-state index contributed by atoms with van der Waals surface area (Å²) in [5.41, 5.74) is 0.805. The molecule has 0 aliphatic heterocycles. The first-order valence-corrected chi connectivity index (χ1v) is 5.83. The number of hydrogen-bond donors (Lipinski definition) is 0. The first kappa shape index (κ1) is 10.2. The van der Waals surface area contributed by atoms with Gasteiger partial charge >= 0.3 is 0 Å². The summed E-state index contributed by atoms with van der Waals surface area (Å²) in [7, 11) is 0. The zero-order valence-corrected chi connectivity index (χ0v) is 9.89. The van der Waals surface area contributed by atoms with Crippen LogP contribution in [0.5, 0.6) is 0 Å². The van der Waals surface area contributed by atoms with Crippen LogP contribution < -0.4 is 0 Å². The van der Waals surface area contributed by atoms with E-state index in [0.29, 0.717) is 28.4 Å². The number of carbonyl (C=O) groups is 1. The van der Waals surface area contributed by atoms with Crippen LogP contribution in [0.2, 0.25) is 0 Å². The molecule has 0 aromatic rings. The van der Waals surface area contributed by atoms with Gasteiger partial charge in [-0.15, -0.1) is 0 Å². The minimum atomic E-state index is 0.368. The van der Waals surface area contributed by atoms with E-state index in [4.69, 9.17) is 0 Å². The predicted molar refractivity (Wildman–Crippen MR) is 58.0 cm³/mol. The zero-order chi connectivity index (χ0) is 10.6. The van der Waals surface area contributed by atoms with Gasteiger partial charge in [-0.2, -0.15) is 0 Å². The van der Waals surface area contributed by atoms with Gasteiger partial charge < -0.3 is 0 Å². The van der Waals surface area contributed by atoms with Crippen LogP contribution in [0.1, 0.15) is 53.4 Å². The molecule has 2 rings (SSSR count). The molecule has 1 heteroatoms. The largest absolute Gasteiger partial charge is 0.299 e. The summed E-state index contributed by atoms with van der Waals surface area (Å²) in [6.07, 6.45) is 4.47. The Morgan fingerprint density at radius 2 is 1.14 bits per heavy atom. The summed E-state index contributed by atoms with van der Waals surface area (Å²) < 4.78 is 0. The normalized spacial score (nSPS) is 39.6. The quantitative estimate of drug-likeness (QED) is 0.577. The lowest BCUT2D eigenvalue weighted by molar-refractivity contribution is -0.140. The van der Waals surface area contributed by atoms with Gasteiger partial charge in [0, 0.05) is 11.8 Å². The number of carbonyl (C=O) groups excluding carboxylic acids is 1. The lowest BCUT2D eigenvalue weighted by atomic mass is 9.56. The molecule has 0 atom stereocenters. The number of rotatable bonds is 0. The van der Waals surface area contributed by atoms with Crippen LogP contribution in [-0.2, 0) is 4.79 Å². The lowest BCUT2D eigenvalue weighted by Crippen LogP contribution is -2.45. The molecular weight excluding hydrogens is 172 g/mol. The smallest absolute Gasteiger partial charge is 0.139 e. The topological polar surface area (TPSA) is 17.1 Å². The fourth-order valence-electron chi connectivity index (χ4n) is 3.71. The molecule has 0 aromatic carbocycles. The first-order valence-electron chi connectivity index (χ1n) is 5.83. The van der Waals surface area contributed by atoms with Crippen LogP contribution in [-0.4, -0.2) is 5.78 Å². The highest BCUT2D eigenvalue weighted by Gasteiger charge is 2.47. The minimum absolute atomic E-state index is 0.368. The molecule has 0 N–H and O–H groups in total. The summed E-state index contributed by atoms with van der Waals surface area (Å²) in [5, 5.41) is 0. The Balaban J connectivity index is 2.22. The molecule has 0 aromatic heterocycles. The molecule has 0 heterocycles. The molecule has 1 nitrogen and oxygen atoms in total.